The van der Waals surface area contributed by atoms with Crippen molar-refractivity contribution in [2.45, 2.75) is 18.2 Å². The SMILES string of the molecule is COC(=O)c1ccccc1S(=O)(=O)Nc1ccc2c(c1)N(C(C)=O)CC2. The molecular formula is C18H18N2O5S. The van der Waals surface area contributed by atoms with Gasteiger partial charge in [0.25, 0.3) is 10.0 Å². The number of sulfonamides is 1. The molecule has 1 aliphatic rings. The van der Waals surface area contributed by atoms with E-state index in [9.17, 15) is 18.0 Å². The quantitative estimate of drug-likeness (QED) is 0.828. The fourth-order valence-corrected chi connectivity index (χ4v) is 4.21. The number of fused-ring (bicyclic) bond motifs is 1. The number of esters is 1. The Balaban J connectivity index is 1.96. The van der Waals surface area contributed by atoms with Gasteiger partial charge in [-0.15, -0.1) is 0 Å². The molecule has 0 radical (unpaired) electrons. The molecule has 0 aromatic heterocycles. The normalized spacial score (nSPS) is 13.2. The molecule has 1 heterocycles. The fraction of sp³-hybridized carbons (Fsp3) is 0.222. The van der Waals surface area contributed by atoms with Crippen LogP contribution in [0.3, 0.4) is 0 Å². The molecule has 3 rings (SSSR count). The molecule has 7 nitrogen and oxygen atoms in total. The van der Waals surface area contributed by atoms with Gasteiger partial charge in [-0.05, 0) is 36.2 Å². The van der Waals surface area contributed by atoms with E-state index in [-0.39, 0.29) is 16.4 Å². The fourth-order valence-electron chi connectivity index (χ4n) is 2.96. The first-order valence-corrected chi connectivity index (χ1v) is 9.43. The van der Waals surface area contributed by atoms with Crippen molar-refractivity contribution < 1.29 is 22.7 Å². The molecule has 0 saturated carbocycles. The summed E-state index contributed by atoms with van der Waals surface area (Å²) in [6.07, 6.45) is 0.729. The van der Waals surface area contributed by atoms with Crippen LogP contribution in [0.15, 0.2) is 47.4 Å². The summed E-state index contributed by atoms with van der Waals surface area (Å²) in [5.74, 6) is -0.831. The lowest BCUT2D eigenvalue weighted by Gasteiger charge is -2.16. The van der Waals surface area contributed by atoms with E-state index in [0.29, 0.717) is 17.9 Å². The highest BCUT2D eigenvalue weighted by Crippen LogP contribution is 2.32. The minimum Gasteiger partial charge on any atom is -0.465 e. The Morgan fingerprint density at radius 2 is 1.88 bits per heavy atom. The first-order chi connectivity index (χ1) is 12.3. The Morgan fingerprint density at radius 3 is 2.58 bits per heavy atom. The average molecular weight is 374 g/mol. The third kappa shape index (κ3) is 3.28. The lowest BCUT2D eigenvalue weighted by atomic mass is 10.1. The maximum Gasteiger partial charge on any atom is 0.339 e. The second-order valence-corrected chi connectivity index (χ2v) is 7.51. The lowest BCUT2D eigenvalue weighted by Crippen LogP contribution is -2.25. The monoisotopic (exact) mass is 374 g/mol. The Kier molecular flexibility index (Phi) is 4.69. The van der Waals surface area contributed by atoms with Crippen molar-refractivity contribution in [3.05, 3.63) is 53.6 Å². The average Bonchev–Trinajstić information content (AvgIpc) is 3.04. The zero-order chi connectivity index (χ0) is 18.9. The van der Waals surface area contributed by atoms with E-state index in [4.69, 9.17) is 0 Å². The largest absolute Gasteiger partial charge is 0.465 e. The molecule has 2 aromatic carbocycles. The molecule has 0 spiro atoms. The molecule has 8 heteroatoms. The number of nitrogens with one attached hydrogen (secondary N) is 1. The van der Waals surface area contributed by atoms with Gasteiger partial charge in [-0.3, -0.25) is 9.52 Å². The van der Waals surface area contributed by atoms with E-state index in [1.54, 1.807) is 29.2 Å². The molecule has 26 heavy (non-hydrogen) atoms. The van der Waals surface area contributed by atoms with E-state index in [1.165, 1.54) is 32.2 Å². The summed E-state index contributed by atoms with van der Waals surface area (Å²) in [4.78, 5) is 25.0. The van der Waals surface area contributed by atoms with Gasteiger partial charge in [0, 0.05) is 19.2 Å². The number of benzene rings is 2. The van der Waals surface area contributed by atoms with Crippen molar-refractivity contribution >= 4 is 33.3 Å². The van der Waals surface area contributed by atoms with Crippen molar-refractivity contribution in [2.24, 2.45) is 0 Å². The summed E-state index contributed by atoms with van der Waals surface area (Å²) < 4.78 is 32.6. The van der Waals surface area contributed by atoms with Gasteiger partial charge < -0.3 is 9.64 Å². The Morgan fingerprint density at radius 1 is 1.15 bits per heavy atom. The number of anilines is 2. The number of carbonyl (C=O) groups excluding carboxylic acids is 2. The number of hydrogen-bond donors (Lipinski definition) is 1. The van der Waals surface area contributed by atoms with Gasteiger partial charge in [0.05, 0.1) is 18.4 Å². The van der Waals surface area contributed by atoms with Gasteiger partial charge in [-0.2, -0.15) is 0 Å². The maximum absolute atomic E-state index is 12.8. The zero-order valence-corrected chi connectivity index (χ0v) is 15.2. The first kappa shape index (κ1) is 17.9. The second-order valence-electron chi connectivity index (χ2n) is 5.86. The van der Waals surface area contributed by atoms with Crippen LogP contribution in [0.1, 0.15) is 22.8 Å². The van der Waals surface area contributed by atoms with E-state index in [1.807, 2.05) is 0 Å². The number of amides is 1. The number of nitrogens with zero attached hydrogens (tertiary/aromatic N) is 1. The lowest BCUT2D eigenvalue weighted by molar-refractivity contribution is -0.116. The molecule has 0 aliphatic carbocycles. The topological polar surface area (TPSA) is 92.8 Å². The van der Waals surface area contributed by atoms with Crippen LogP contribution in [-0.2, 0) is 26.0 Å². The third-order valence-corrected chi connectivity index (χ3v) is 5.63. The molecule has 0 bridgehead atoms. The van der Waals surface area contributed by atoms with Crippen LogP contribution < -0.4 is 9.62 Å². The summed E-state index contributed by atoms with van der Waals surface area (Å²) >= 11 is 0. The molecule has 0 fully saturated rings. The molecule has 1 amide bonds. The molecule has 1 N–H and O–H groups in total. The summed E-state index contributed by atoms with van der Waals surface area (Å²) in [7, 11) is -2.82. The van der Waals surface area contributed by atoms with Crippen LogP contribution in [0, 0.1) is 0 Å². The van der Waals surface area contributed by atoms with Crippen LogP contribution in [0.5, 0.6) is 0 Å². The number of methoxy groups -OCH3 is 1. The van der Waals surface area contributed by atoms with Gasteiger partial charge >= 0.3 is 5.97 Å². The summed E-state index contributed by atoms with van der Waals surface area (Å²) in [5, 5.41) is 0. The number of hydrogen-bond acceptors (Lipinski definition) is 5. The predicted molar refractivity (Wildman–Crippen MR) is 96.8 cm³/mol. The highest BCUT2D eigenvalue weighted by molar-refractivity contribution is 7.92. The standard InChI is InChI=1S/C18H18N2O5S/c1-12(21)20-10-9-13-7-8-14(11-16(13)20)19-26(23,24)17-6-4-3-5-15(17)18(22)25-2/h3-8,11,19H,9-10H2,1-2H3. The molecule has 136 valence electrons. The Bertz CT molecular complexity index is 985. The van der Waals surface area contributed by atoms with Gasteiger partial charge in [-0.25, -0.2) is 13.2 Å². The van der Waals surface area contributed by atoms with E-state index >= 15 is 0 Å². The van der Waals surface area contributed by atoms with Crippen molar-refractivity contribution in [3.63, 3.8) is 0 Å². The van der Waals surface area contributed by atoms with E-state index in [0.717, 1.165) is 12.0 Å². The van der Waals surface area contributed by atoms with Crippen molar-refractivity contribution in [3.8, 4) is 0 Å². The number of ether oxygens (including phenoxy) is 1. The predicted octanol–water partition coefficient (Wildman–Crippen LogP) is 2.18. The van der Waals surface area contributed by atoms with Crippen LogP contribution in [-0.4, -0.2) is 33.9 Å². The van der Waals surface area contributed by atoms with Crippen LogP contribution in [0.4, 0.5) is 11.4 Å². The van der Waals surface area contributed by atoms with Crippen LogP contribution in [0.2, 0.25) is 0 Å². The van der Waals surface area contributed by atoms with Crippen molar-refractivity contribution in [1.29, 1.82) is 0 Å². The van der Waals surface area contributed by atoms with Gasteiger partial charge in [-0.1, -0.05) is 18.2 Å². The van der Waals surface area contributed by atoms with Crippen molar-refractivity contribution in [1.82, 2.24) is 0 Å². The van der Waals surface area contributed by atoms with Crippen molar-refractivity contribution in [2.75, 3.05) is 23.3 Å². The van der Waals surface area contributed by atoms with Gasteiger partial charge in [0.1, 0.15) is 4.90 Å². The summed E-state index contributed by atoms with van der Waals surface area (Å²) in [6.45, 7) is 2.05. The Hall–Kier alpha value is -2.87. The smallest absolute Gasteiger partial charge is 0.339 e. The van der Waals surface area contributed by atoms with Gasteiger partial charge in [0.2, 0.25) is 5.91 Å². The van der Waals surface area contributed by atoms with Crippen LogP contribution in [0.25, 0.3) is 0 Å². The number of carbonyl (C=O) groups is 2. The van der Waals surface area contributed by atoms with E-state index < -0.39 is 16.0 Å². The summed E-state index contributed by atoms with van der Waals surface area (Å²) in [6, 6.07) is 10.9. The first-order valence-electron chi connectivity index (χ1n) is 7.94. The van der Waals surface area contributed by atoms with E-state index in [2.05, 4.69) is 9.46 Å². The number of rotatable bonds is 4. The second kappa shape index (κ2) is 6.80. The molecule has 0 unspecified atom stereocenters. The Labute approximate surface area is 151 Å². The molecular weight excluding hydrogens is 356 g/mol. The highest BCUT2D eigenvalue weighted by Gasteiger charge is 2.25. The molecule has 2 aromatic rings. The maximum atomic E-state index is 12.8. The summed E-state index contributed by atoms with van der Waals surface area (Å²) in [5.41, 5.74) is 1.95. The molecule has 0 atom stereocenters. The highest BCUT2D eigenvalue weighted by atomic mass is 32.2. The van der Waals surface area contributed by atoms with Gasteiger partial charge in [0.15, 0.2) is 0 Å². The molecule has 0 saturated heterocycles. The van der Waals surface area contributed by atoms with Crippen LogP contribution >= 0.6 is 0 Å². The zero-order valence-electron chi connectivity index (χ0n) is 14.4. The minimum absolute atomic E-state index is 0.0472. The third-order valence-electron chi connectivity index (χ3n) is 4.20. The minimum atomic E-state index is -4.01. The molecule has 1 aliphatic heterocycles.